The minimum Gasteiger partial charge on any atom is -0.497 e. The van der Waals surface area contributed by atoms with E-state index in [1.165, 1.54) is 9.55 Å². The molecule has 0 atom stereocenters. The summed E-state index contributed by atoms with van der Waals surface area (Å²) >= 11 is 3.48. The summed E-state index contributed by atoms with van der Waals surface area (Å²) in [6.07, 6.45) is 4.84. The van der Waals surface area contributed by atoms with E-state index in [0.29, 0.717) is 11.3 Å². The number of ether oxygens (including phenoxy) is 1. The maximum atomic E-state index is 13.4. The van der Waals surface area contributed by atoms with Crippen LogP contribution in [0.1, 0.15) is 12.0 Å². The largest absolute Gasteiger partial charge is 0.497 e. The molecule has 146 valence electrons. The fraction of sp³-hybridized carbons (Fsp3) is 0.238. The van der Waals surface area contributed by atoms with Gasteiger partial charge in [0.25, 0.3) is 10.0 Å². The van der Waals surface area contributed by atoms with Crippen LogP contribution in [0.25, 0.3) is 16.5 Å². The third-order valence-electron chi connectivity index (χ3n) is 5.11. The van der Waals surface area contributed by atoms with Gasteiger partial charge in [0.05, 0.1) is 17.5 Å². The Morgan fingerprint density at radius 1 is 1.11 bits per heavy atom. The van der Waals surface area contributed by atoms with Crippen molar-refractivity contribution in [2.45, 2.75) is 11.3 Å². The second-order valence-corrected chi connectivity index (χ2v) is 9.65. The van der Waals surface area contributed by atoms with Gasteiger partial charge >= 0.3 is 0 Å². The van der Waals surface area contributed by atoms with E-state index < -0.39 is 10.0 Å². The minimum absolute atomic E-state index is 0.231. The predicted molar refractivity (Wildman–Crippen MR) is 115 cm³/mol. The fourth-order valence-corrected chi connectivity index (χ4v) is 5.21. The van der Waals surface area contributed by atoms with Gasteiger partial charge in [-0.05, 0) is 55.4 Å². The van der Waals surface area contributed by atoms with Gasteiger partial charge in [0, 0.05) is 34.7 Å². The van der Waals surface area contributed by atoms with Crippen LogP contribution in [-0.2, 0) is 10.0 Å². The molecule has 28 heavy (non-hydrogen) atoms. The molecule has 1 aliphatic heterocycles. The van der Waals surface area contributed by atoms with E-state index in [-0.39, 0.29) is 4.90 Å². The number of rotatable bonds is 4. The van der Waals surface area contributed by atoms with Crippen molar-refractivity contribution >= 4 is 42.4 Å². The molecule has 1 aliphatic rings. The number of benzene rings is 2. The number of aromatic nitrogens is 1. The third kappa shape index (κ3) is 3.38. The van der Waals surface area contributed by atoms with Crippen LogP contribution in [0, 0.1) is 0 Å². The molecule has 0 N–H and O–H groups in total. The Bertz CT molecular complexity index is 1160. The summed E-state index contributed by atoms with van der Waals surface area (Å²) in [5, 5.41) is 0.941. The molecule has 0 saturated heterocycles. The monoisotopic (exact) mass is 460 g/mol. The highest BCUT2D eigenvalue weighted by Crippen LogP contribution is 2.34. The number of fused-ring (bicyclic) bond motifs is 1. The van der Waals surface area contributed by atoms with Crippen LogP contribution in [-0.4, -0.2) is 44.5 Å². The van der Waals surface area contributed by atoms with E-state index in [4.69, 9.17) is 4.74 Å². The van der Waals surface area contributed by atoms with Crippen molar-refractivity contribution in [2.24, 2.45) is 0 Å². The zero-order chi connectivity index (χ0) is 19.9. The molecule has 0 unspecified atom stereocenters. The number of halogens is 1. The van der Waals surface area contributed by atoms with Gasteiger partial charge in [0.2, 0.25) is 0 Å². The van der Waals surface area contributed by atoms with Crippen LogP contribution < -0.4 is 4.74 Å². The first kappa shape index (κ1) is 19.2. The lowest BCUT2D eigenvalue weighted by Gasteiger charge is -2.21. The highest BCUT2D eigenvalue weighted by molar-refractivity contribution is 9.10. The van der Waals surface area contributed by atoms with Crippen LogP contribution >= 0.6 is 15.9 Å². The van der Waals surface area contributed by atoms with E-state index in [1.54, 1.807) is 37.6 Å². The Morgan fingerprint density at radius 2 is 1.86 bits per heavy atom. The van der Waals surface area contributed by atoms with Gasteiger partial charge in [-0.15, -0.1) is 0 Å². The van der Waals surface area contributed by atoms with Crippen molar-refractivity contribution in [3.05, 3.63) is 64.8 Å². The molecule has 0 bridgehead atoms. The minimum atomic E-state index is -3.73. The molecule has 0 aliphatic carbocycles. The normalized spacial score (nSPS) is 15.6. The van der Waals surface area contributed by atoms with Gasteiger partial charge in [-0.2, -0.15) is 0 Å². The molecule has 0 spiro atoms. The van der Waals surface area contributed by atoms with Crippen LogP contribution in [0.5, 0.6) is 5.75 Å². The first-order valence-electron chi connectivity index (χ1n) is 8.98. The number of hydrogen-bond donors (Lipinski definition) is 0. The summed E-state index contributed by atoms with van der Waals surface area (Å²) in [5.41, 5.74) is 2.84. The highest BCUT2D eigenvalue weighted by Gasteiger charge is 2.23. The van der Waals surface area contributed by atoms with Crippen LogP contribution in [0.15, 0.2) is 64.1 Å². The molecule has 2 aromatic carbocycles. The lowest BCUT2D eigenvalue weighted by Crippen LogP contribution is -2.23. The van der Waals surface area contributed by atoms with Crippen molar-refractivity contribution in [3.8, 4) is 5.75 Å². The predicted octanol–water partition coefficient (Wildman–Crippen LogP) is 4.37. The Balaban J connectivity index is 1.90. The van der Waals surface area contributed by atoms with Gasteiger partial charge in [-0.1, -0.05) is 28.1 Å². The maximum absolute atomic E-state index is 13.4. The quantitative estimate of drug-likeness (QED) is 0.579. The van der Waals surface area contributed by atoms with Gasteiger partial charge in [0.15, 0.2) is 0 Å². The lowest BCUT2D eigenvalue weighted by atomic mass is 9.99. The molecule has 0 fully saturated rings. The summed E-state index contributed by atoms with van der Waals surface area (Å²) in [4.78, 5) is 2.47. The molecule has 2 heterocycles. The zero-order valence-corrected chi connectivity index (χ0v) is 18.1. The smallest absolute Gasteiger partial charge is 0.268 e. The summed E-state index contributed by atoms with van der Waals surface area (Å²) in [7, 11) is -0.0905. The Labute approximate surface area is 173 Å². The Hall–Kier alpha value is -2.09. The second kappa shape index (κ2) is 7.39. The number of likely N-dealkylation sites (N-methyl/N-ethyl adjacent to an activating group) is 1. The van der Waals surface area contributed by atoms with E-state index in [0.717, 1.165) is 34.9 Å². The average molecular weight is 461 g/mol. The molecule has 7 heteroatoms. The van der Waals surface area contributed by atoms with Gasteiger partial charge < -0.3 is 9.64 Å². The molecular weight excluding hydrogens is 440 g/mol. The number of nitrogens with zero attached hydrogens (tertiary/aromatic N) is 2. The second-order valence-electron chi connectivity index (χ2n) is 6.92. The topological polar surface area (TPSA) is 51.5 Å². The number of methoxy groups -OCH3 is 1. The molecule has 0 amide bonds. The molecule has 4 rings (SSSR count). The van der Waals surface area contributed by atoms with E-state index in [2.05, 4.69) is 34.0 Å². The standard InChI is InChI=1S/C21H21BrN2O3S/c1-23-11-9-15(10-12-23)20-14-24(21-13-16(22)3-8-19(20)21)28(25,26)18-6-4-17(27-2)5-7-18/h3-9,13-14H,10-12H2,1-2H3. The average Bonchev–Trinajstić information content (AvgIpc) is 3.08. The van der Waals surface area contributed by atoms with Crippen molar-refractivity contribution in [3.63, 3.8) is 0 Å². The molecule has 3 aromatic rings. The zero-order valence-electron chi connectivity index (χ0n) is 15.7. The van der Waals surface area contributed by atoms with Crippen LogP contribution in [0.4, 0.5) is 0 Å². The highest BCUT2D eigenvalue weighted by atomic mass is 79.9. The van der Waals surface area contributed by atoms with Crippen molar-refractivity contribution < 1.29 is 13.2 Å². The van der Waals surface area contributed by atoms with Crippen molar-refractivity contribution in [1.82, 2.24) is 8.87 Å². The number of hydrogen-bond acceptors (Lipinski definition) is 4. The van der Waals surface area contributed by atoms with Crippen LogP contribution in [0.2, 0.25) is 0 Å². The van der Waals surface area contributed by atoms with E-state index in [1.807, 2.05) is 18.2 Å². The fourth-order valence-electron chi connectivity index (χ4n) is 3.50. The summed E-state index contributed by atoms with van der Waals surface area (Å²) in [6, 6.07) is 12.3. The molecule has 0 saturated carbocycles. The van der Waals surface area contributed by atoms with E-state index in [9.17, 15) is 8.42 Å². The van der Waals surface area contributed by atoms with Gasteiger partial charge in [-0.25, -0.2) is 12.4 Å². The van der Waals surface area contributed by atoms with Crippen molar-refractivity contribution in [1.29, 1.82) is 0 Å². The SMILES string of the molecule is COc1ccc(S(=O)(=O)n2cc(C3=CCN(C)CC3)c3ccc(Br)cc32)cc1. The Morgan fingerprint density at radius 3 is 2.50 bits per heavy atom. The first-order valence-corrected chi connectivity index (χ1v) is 11.2. The van der Waals surface area contributed by atoms with Gasteiger partial charge in [-0.3, -0.25) is 0 Å². The lowest BCUT2D eigenvalue weighted by molar-refractivity contribution is 0.370. The molecule has 5 nitrogen and oxygen atoms in total. The van der Waals surface area contributed by atoms with E-state index >= 15 is 0 Å². The summed E-state index contributed by atoms with van der Waals surface area (Å²) < 4.78 is 34.2. The molecule has 0 radical (unpaired) electrons. The summed E-state index contributed by atoms with van der Waals surface area (Å²) in [5.74, 6) is 0.622. The molecule has 1 aromatic heterocycles. The van der Waals surface area contributed by atoms with Crippen LogP contribution in [0.3, 0.4) is 0 Å². The maximum Gasteiger partial charge on any atom is 0.268 e. The first-order chi connectivity index (χ1) is 13.4. The van der Waals surface area contributed by atoms with Crippen molar-refractivity contribution in [2.75, 3.05) is 27.2 Å². The summed E-state index contributed by atoms with van der Waals surface area (Å²) in [6.45, 7) is 1.82. The van der Waals surface area contributed by atoms with Gasteiger partial charge in [0.1, 0.15) is 5.75 Å². The Kier molecular flexibility index (Phi) is 5.07. The molecular formula is C21H21BrN2O3S. The third-order valence-corrected chi connectivity index (χ3v) is 7.29.